The molecule has 18 heavy (non-hydrogen) atoms. The summed E-state index contributed by atoms with van der Waals surface area (Å²) in [5.41, 5.74) is 6.01. The first-order valence-corrected chi connectivity index (χ1v) is 7.18. The summed E-state index contributed by atoms with van der Waals surface area (Å²) in [6.07, 6.45) is 0. The SMILES string of the molecule is CC1(C)C(N)C(C)(C)C1NC(=O)c1ccc(Cl)s1. The van der Waals surface area contributed by atoms with Gasteiger partial charge in [-0.05, 0) is 12.1 Å². The van der Waals surface area contributed by atoms with Crippen molar-refractivity contribution in [2.24, 2.45) is 16.6 Å². The Labute approximate surface area is 117 Å². The fourth-order valence-electron chi connectivity index (χ4n) is 3.19. The molecule has 0 spiro atoms. The number of thiophene rings is 1. The van der Waals surface area contributed by atoms with Gasteiger partial charge >= 0.3 is 0 Å². The van der Waals surface area contributed by atoms with Crippen LogP contribution in [0.2, 0.25) is 4.34 Å². The predicted molar refractivity (Wildman–Crippen MR) is 76.1 cm³/mol. The maximum absolute atomic E-state index is 12.1. The Morgan fingerprint density at radius 2 is 1.89 bits per heavy atom. The van der Waals surface area contributed by atoms with Gasteiger partial charge < -0.3 is 11.1 Å². The van der Waals surface area contributed by atoms with Crippen LogP contribution in [0.5, 0.6) is 0 Å². The van der Waals surface area contributed by atoms with E-state index in [2.05, 4.69) is 33.0 Å². The van der Waals surface area contributed by atoms with Gasteiger partial charge in [0, 0.05) is 22.9 Å². The molecule has 2 rings (SSSR count). The number of halogens is 1. The molecule has 1 aromatic rings. The number of amides is 1. The standard InChI is InChI=1S/C13H19ClN2OS/c1-12(2)10(15)13(3,4)11(12)16-9(17)7-5-6-8(14)18-7/h5-6,10-11H,15H2,1-4H3,(H,16,17). The minimum Gasteiger partial charge on any atom is -0.347 e. The minimum absolute atomic E-state index is 0.0649. The molecule has 1 heterocycles. The van der Waals surface area contributed by atoms with E-state index in [0.717, 1.165) is 0 Å². The zero-order valence-corrected chi connectivity index (χ0v) is 12.7. The zero-order chi connectivity index (χ0) is 13.7. The van der Waals surface area contributed by atoms with E-state index in [-0.39, 0.29) is 28.8 Å². The fraction of sp³-hybridized carbons (Fsp3) is 0.615. The van der Waals surface area contributed by atoms with Crippen LogP contribution in [0.25, 0.3) is 0 Å². The number of nitrogens with two attached hydrogens (primary N) is 1. The normalized spacial score (nSPS) is 28.6. The summed E-state index contributed by atoms with van der Waals surface area (Å²) in [7, 11) is 0. The van der Waals surface area contributed by atoms with Crippen LogP contribution in [-0.2, 0) is 0 Å². The van der Waals surface area contributed by atoms with Gasteiger partial charge in [-0.15, -0.1) is 11.3 Å². The largest absolute Gasteiger partial charge is 0.347 e. The molecule has 0 saturated heterocycles. The quantitative estimate of drug-likeness (QED) is 0.878. The van der Waals surface area contributed by atoms with Crippen molar-refractivity contribution in [2.45, 2.75) is 39.8 Å². The van der Waals surface area contributed by atoms with Gasteiger partial charge in [0.05, 0.1) is 9.21 Å². The van der Waals surface area contributed by atoms with E-state index in [9.17, 15) is 4.79 Å². The Hall–Kier alpha value is -0.580. The van der Waals surface area contributed by atoms with E-state index in [1.807, 2.05) is 0 Å². The molecule has 0 aliphatic heterocycles. The highest BCUT2D eigenvalue weighted by Gasteiger charge is 2.60. The second-order valence-corrected chi connectivity index (χ2v) is 7.85. The van der Waals surface area contributed by atoms with E-state index in [0.29, 0.717) is 9.21 Å². The summed E-state index contributed by atoms with van der Waals surface area (Å²) in [6.45, 7) is 8.37. The molecule has 0 aromatic carbocycles. The smallest absolute Gasteiger partial charge is 0.261 e. The molecule has 5 heteroatoms. The summed E-state index contributed by atoms with van der Waals surface area (Å²) in [5.74, 6) is -0.0649. The number of carbonyl (C=O) groups excluding carboxylic acids is 1. The highest BCUT2D eigenvalue weighted by Crippen LogP contribution is 2.52. The highest BCUT2D eigenvalue weighted by atomic mass is 35.5. The number of nitrogens with one attached hydrogen (secondary N) is 1. The first-order valence-electron chi connectivity index (χ1n) is 5.99. The molecule has 1 aromatic heterocycles. The third kappa shape index (κ3) is 1.96. The molecule has 1 fully saturated rings. The fourth-order valence-corrected chi connectivity index (χ4v) is 4.14. The molecular formula is C13H19ClN2OS. The van der Waals surface area contributed by atoms with Crippen molar-refractivity contribution in [3.63, 3.8) is 0 Å². The average molecular weight is 287 g/mol. The lowest BCUT2D eigenvalue weighted by Crippen LogP contribution is -2.76. The molecule has 3 N–H and O–H groups in total. The van der Waals surface area contributed by atoms with Crippen LogP contribution in [0.4, 0.5) is 0 Å². The van der Waals surface area contributed by atoms with Gasteiger partial charge in [-0.25, -0.2) is 0 Å². The van der Waals surface area contributed by atoms with Crippen molar-refractivity contribution in [3.8, 4) is 0 Å². The average Bonchev–Trinajstić information content (AvgIpc) is 2.71. The third-order valence-corrected chi connectivity index (χ3v) is 5.39. The summed E-state index contributed by atoms with van der Waals surface area (Å²) >= 11 is 7.14. The molecule has 0 unspecified atom stereocenters. The van der Waals surface area contributed by atoms with Crippen molar-refractivity contribution in [1.29, 1.82) is 0 Å². The summed E-state index contributed by atoms with van der Waals surface area (Å²) in [5, 5.41) is 3.09. The van der Waals surface area contributed by atoms with Crippen LogP contribution in [0.15, 0.2) is 12.1 Å². The first-order chi connectivity index (χ1) is 8.17. The second-order valence-electron chi connectivity index (χ2n) is 6.13. The zero-order valence-electron chi connectivity index (χ0n) is 11.1. The number of hydrogen-bond donors (Lipinski definition) is 2. The Morgan fingerprint density at radius 1 is 1.33 bits per heavy atom. The summed E-state index contributed by atoms with van der Waals surface area (Å²) in [6, 6.07) is 3.65. The van der Waals surface area contributed by atoms with E-state index in [1.165, 1.54) is 11.3 Å². The van der Waals surface area contributed by atoms with Gasteiger partial charge in [0.1, 0.15) is 0 Å². The Bertz CT molecular complexity index is 465. The predicted octanol–water partition coefficient (Wildman–Crippen LogP) is 2.89. The topological polar surface area (TPSA) is 55.1 Å². The number of carbonyl (C=O) groups is 1. The van der Waals surface area contributed by atoms with E-state index < -0.39 is 0 Å². The van der Waals surface area contributed by atoms with E-state index in [4.69, 9.17) is 17.3 Å². The maximum atomic E-state index is 12.1. The van der Waals surface area contributed by atoms with Crippen LogP contribution in [0.1, 0.15) is 37.4 Å². The van der Waals surface area contributed by atoms with Crippen molar-refractivity contribution < 1.29 is 4.79 Å². The maximum Gasteiger partial charge on any atom is 0.261 e. The minimum atomic E-state index is -0.0831. The lowest BCUT2D eigenvalue weighted by Gasteiger charge is -2.62. The van der Waals surface area contributed by atoms with Crippen molar-refractivity contribution in [3.05, 3.63) is 21.3 Å². The van der Waals surface area contributed by atoms with Gasteiger partial charge in [-0.1, -0.05) is 39.3 Å². The molecule has 1 aliphatic carbocycles. The van der Waals surface area contributed by atoms with Gasteiger partial charge in [-0.2, -0.15) is 0 Å². The molecule has 1 aliphatic rings. The molecule has 1 amide bonds. The molecule has 0 atom stereocenters. The van der Waals surface area contributed by atoms with E-state index in [1.54, 1.807) is 12.1 Å². The molecule has 1 saturated carbocycles. The second kappa shape index (κ2) is 4.22. The van der Waals surface area contributed by atoms with Crippen LogP contribution in [0.3, 0.4) is 0 Å². The Balaban J connectivity index is 2.13. The van der Waals surface area contributed by atoms with Gasteiger partial charge in [0.2, 0.25) is 0 Å². The molecule has 3 nitrogen and oxygen atoms in total. The van der Waals surface area contributed by atoms with Gasteiger partial charge in [0.15, 0.2) is 0 Å². The summed E-state index contributed by atoms with van der Waals surface area (Å²) < 4.78 is 0.629. The molecule has 0 bridgehead atoms. The number of rotatable bonds is 2. The highest BCUT2D eigenvalue weighted by molar-refractivity contribution is 7.17. The number of hydrogen-bond acceptors (Lipinski definition) is 3. The van der Waals surface area contributed by atoms with Crippen molar-refractivity contribution >= 4 is 28.8 Å². The molecule has 0 radical (unpaired) electrons. The van der Waals surface area contributed by atoms with Gasteiger partial charge in [0.25, 0.3) is 5.91 Å². The van der Waals surface area contributed by atoms with E-state index >= 15 is 0 Å². The Morgan fingerprint density at radius 3 is 2.33 bits per heavy atom. The first kappa shape index (κ1) is 13.8. The van der Waals surface area contributed by atoms with Crippen molar-refractivity contribution in [1.82, 2.24) is 5.32 Å². The van der Waals surface area contributed by atoms with Gasteiger partial charge in [-0.3, -0.25) is 4.79 Å². The molecule has 100 valence electrons. The lowest BCUT2D eigenvalue weighted by atomic mass is 9.48. The van der Waals surface area contributed by atoms with Crippen LogP contribution < -0.4 is 11.1 Å². The summed E-state index contributed by atoms with van der Waals surface area (Å²) in [4.78, 5) is 12.8. The van der Waals surface area contributed by atoms with Crippen LogP contribution >= 0.6 is 22.9 Å². The van der Waals surface area contributed by atoms with Crippen molar-refractivity contribution in [2.75, 3.05) is 0 Å². The monoisotopic (exact) mass is 286 g/mol. The lowest BCUT2D eigenvalue weighted by molar-refractivity contribution is -0.0663. The Kier molecular flexibility index (Phi) is 3.24. The van der Waals surface area contributed by atoms with Crippen LogP contribution in [-0.4, -0.2) is 18.0 Å². The van der Waals surface area contributed by atoms with Crippen LogP contribution in [0, 0.1) is 10.8 Å². The third-order valence-electron chi connectivity index (χ3n) is 4.16. The molecular weight excluding hydrogens is 268 g/mol.